The van der Waals surface area contributed by atoms with Crippen molar-refractivity contribution in [3.05, 3.63) is 45.5 Å². The van der Waals surface area contributed by atoms with E-state index in [-0.39, 0.29) is 11.8 Å². The SMILES string of the molecule is CC(C)c1nnsc1C(=O)NCc1ccc2c(c1)CNC2. The number of carbonyl (C=O) groups excluding carboxylic acids is 1. The second kappa shape index (κ2) is 5.91. The van der Waals surface area contributed by atoms with Crippen molar-refractivity contribution in [1.29, 1.82) is 0 Å². The maximum absolute atomic E-state index is 12.2. The normalized spacial score (nSPS) is 13.5. The van der Waals surface area contributed by atoms with E-state index in [9.17, 15) is 4.79 Å². The number of fused-ring (bicyclic) bond motifs is 1. The zero-order chi connectivity index (χ0) is 14.8. The lowest BCUT2D eigenvalue weighted by atomic mass is 10.1. The average Bonchev–Trinajstić information content (AvgIpc) is 3.12. The molecule has 1 aliphatic rings. The molecular formula is C15H18N4OS. The molecule has 1 aromatic heterocycles. The Morgan fingerprint density at radius 3 is 3.00 bits per heavy atom. The topological polar surface area (TPSA) is 66.9 Å². The minimum absolute atomic E-state index is 0.0904. The molecule has 1 aromatic carbocycles. The van der Waals surface area contributed by atoms with Crippen molar-refractivity contribution in [3.63, 3.8) is 0 Å². The Balaban J connectivity index is 1.67. The van der Waals surface area contributed by atoms with Crippen molar-refractivity contribution in [2.24, 2.45) is 0 Å². The standard InChI is InChI=1S/C15H18N4OS/c1-9(2)13-14(21-19-18-13)15(20)17-6-10-3-4-11-7-16-8-12(11)5-10/h3-5,9,16H,6-8H2,1-2H3,(H,17,20). The highest BCUT2D eigenvalue weighted by Gasteiger charge is 2.18. The van der Waals surface area contributed by atoms with Gasteiger partial charge in [0.25, 0.3) is 5.91 Å². The van der Waals surface area contributed by atoms with E-state index in [1.165, 1.54) is 11.1 Å². The molecule has 1 aliphatic heterocycles. The maximum Gasteiger partial charge on any atom is 0.265 e. The third-order valence-corrected chi connectivity index (χ3v) is 4.36. The van der Waals surface area contributed by atoms with Crippen molar-refractivity contribution in [2.75, 3.05) is 0 Å². The summed E-state index contributed by atoms with van der Waals surface area (Å²) < 4.78 is 3.89. The van der Waals surface area contributed by atoms with Crippen molar-refractivity contribution in [2.45, 2.75) is 39.4 Å². The lowest BCUT2D eigenvalue weighted by molar-refractivity contribution is 0.0953. The fourth-order valence-electron chi connectivity index (χ4n) is 2.45. The van der Waals surface area contributed by atoms with Crippen molar-refractivity contribution < 1.29 is 4.79 Å². The van der Waals surface area contributed by atoms with Gasteiger partial charge >= 0.3 is 0 Å². The lowest BCUT2D eigenvalue weighted by Gasteiger charge is -2.07. The van der Waals surface area contributed by atoms with Crippen LogP contribution >= 0.6 is 11.5 Å². The van der Waals surface area contributed by atoms with Crippen LogP contribution in [0.25, 0.3) is 0 Å². The fourth-order valence-corrected chi connectivity index (χ4v) is 3.19. The zero-order valence-corrected chi connectivity index (χ0v) is 13.0. The highest BCUT2D eigenvalue weighted by molar-refractivity contribution is 7.08. The van der Waals surface area contributed by atoms with E-state index in [4.69, 9.17) is 0 Å². The van der Waals surface area contributed by atoms with Gasteiger partial charge in [-0.2, -0.15) is 0 Å². The van der Waals surface area contributed by atoms with Crippen molar-refractivity contribution in [1.82, 2.24) is 20.2 Å². The van der Waals surface area contributed by atoms with Crippen LogP contribution in [-0.4, -0.2) is 15.5 Å². The van der Waals surface area contributed by atoms with Crippen LogP contribution in [0.4, 0.5) is 0 Å². The first-order valence-corrected chi connectivity index (χ1v) is 7.84. The van der Waals surface area contributed by atoms with Crippen LogP contribution in [0.5, 0.6) is 0 Å². The van der Waals surface area contributed by atoms with Crippen LogP contribution < -0.4 is 10.6 Å². The summed E-state index contributed by atoms with van der Waals surface area (Å²) in [4.78, 5) is 12.9. The monoisotopic (exact) mass is 302 g/mol. The summed E-state index contributed by atoms with van der Waals surface area (Å²) in [6.45, 7) is 6.41. The first-order chi connectivity index (χ1) is 10.1. The number of nitrogens with zero attached hydrogens (tertiary/aromatic N) is 2. The number of carbonyl (C=O) groups is 1. The second-order valence-corrected chi connectivity index (χ2v) is 6.29. The van der Waals surface area contributed by atoms with Gasteiger partial charge in [-0.15, -0.1) is 5.10 Å². The largest absolute Gasteiger partial charge is 0.347 e. The summed E-state index contributed by atoms with van der Waals surface area (Å²) in [5.74, 6) is 0.114. The molecule has 1 amide bonds. The first-order valence-electron chi connectivity index (χ1n) is 7.07. The molecule has 0 bridgehead atoms. The zero-order valence-electron chi connectivity index (χ0n) is 12.1. The van der Waals surface area contributed by atoms with Gasteiger partial charge in [-0.05, 0) is 34.1 Å². The highest BCUT2D eigenvalue weighted by atomic mass is 32.1. The van der Waals surface area contributed by atoms with Gasteiger partial charge in [-0.25, -0.2) is 0 Å². The Morgan fingerprint density at radius 1 is 1.38 bits per heavy atom. The van der Waals surface area contributed by atoms with Crippen LogP contribution in [-0.2, 0) is 19.6 Å². The Hall–Kier alpha value is -1.79. The number of aromatic nitrogens is 2. The van der Waals surface area contributed by atoms with Gasteiger partial charge in [0.2, 0.25) is 0 Å². The lowest BCUT2D eigenvalue weighted by Crippen LogP contribution is -2.23. The minimum atomic E-state index is -0.0904. The first kappa shape index (κ1) is 14.2. The third-order valence-electron chi connectivity index (χ3n) is 3.62. The Morgan fingerprint density at radius 2 is 2.19 bits per heavy atom. The molecular weight excluding hydrogens is 284 g/mol. The van der Waals surface area contributed by atoms with Gasteiger partial charge in [0, 0.05) is 19.6 Å². The van der Waals surface area contributed by atoms with Crippen molar-refractivity contribution in [3.8, 4) is 0 Å². The van der Waals surface area contributed by atoms with E-state index >= 15 is 0 Å². The third kappa shape index (κ3) is 2.96. The molecule has 2 aromatic rings. The molecule has 21 heavy (non-hydrogen) atoms. The van der Waals surface area contributed by atoms with E-state index in [2.05, 4.69) is 38.4 Å². The summed E-state index contributed by atoms with van der Waals surface area (Å²) >= 11 is 1.16. The Labute approximate surface area is 127 Å². The van der Waals surface area contributed by atoms with Crippen LogP contribution in [0.15, 0.2) is 18.2 Å². The van der Waals surface area contributed by atoms with E-state index in [0.717, 1.165) is 35.9 Å². The molecule has 0 spiro atoms. The van der Waals surface area contributed by atoms with Crippen LogP contribution in [0.3, 0.4) is 0 Å². The molecule has 0 radical (unpaired) electrons. The van der Waals surface area contributed by atoms with Gasteiger partial charge < -0.3 is 10.6 Å². The predicted molar refractivity (Wildman–Crippen MR) is 82.2 cm³/mol. The van der Waals surface area contributed by atoms with Gasteiger partial charge in [0.1, 0.15) is 4.88 Å². The summed E-state index contributed by atoms with van der Waals surface area (Å²) in [7, 11) is 0. The Bertz CT molecular complexity index is 665. The average molecular weight is 302 g/mol. The summed E-state index contributed by atoms with van der Waals surface area (Å²) in [6.07, 6.45) is 0. The Kier molecular flexibility index (Phi) is 3.98. The van der Waals surface area contributed by atoms with E-state index in [1.807, 2.05) is 13.8 Å². The molecule has 0 saturated carbocycles. The smallest absolute Gasteiger partial charge is 0.265 e. The number of amides is 1. The molecule has 3 rings (SSSR count). The highest BCUT2D eigenvalue weighted by Crippen LogP contribution is 2.20. The number of hydrogen-bond acceptors (Lipinski definition) is 5. The molecule has 0 unspecified atom stereocenters. The van der Waals surface area contributed by atoms with E-state index in [0.29, 0.717) is 11.4 Å². The van der Waals surface area contributed by atoms with E-state index in [1.54, 1.807) is 0 Å². The number of hydrogen-bond donors (Lipinski definition) is 2. The molecule has 0 saturated heterocycles. The fraction of sp³-hybridized carbons (Fsp3) is 0.400. The quantitative estimate of drug-likeness (QED) is 0.908. The maximum atomic E-state index is 12.2. The number of benzene rings is 1. The molecule has 6 heteroatoms. The van der Waals surface area contributed by atoms with Gasteiger partial charge in [0.05, 0.1) is 5.69 Å². The van der Waals surface area contributed by atoms with Gasteiger partial charge in [-0.1, -0.05) is 36.5 Å². The van der Waals surface area contributed by atoms with Crippen molar-refractivity contribution >= 4 is 17.4 Å². The van der Waals surface area contributed by atoms with Crippen LogP contribution in [0.2, 0.25) is 0 Å². The molecule has 2 N–H and O–H groups in total. The predicted octanol–water partition coefficient (Wildman–Crippen LogP) is 2.19. The van der Waals surface area contributed by atoms with Crippen LogP contribution in [0, 0.1) is 0 Å². The number of rotatable bonds is 4. The van der Waals surface area contributed by atoms with Gasteiger partial charge in [0.15, 0.2) is 0 Å². The molecule has 0 atom stereocenters. The summed E-state index contributed by atoms with van der Waals surface area (Å²) in [6, 6.07) is 6.36. The molecule has 0 fully saturated rings. The summed E-state index contributed by atoms with van der Waals surface area (Å²) in [5, 5.41) is 10.3. The molecule has 2 heterocycles. The van der Waals surface area contributed by atoms with Gasteiger partial charge in [-0.3, -0.25) is 4.79 Å². The van der Waals surface area contributed by atoms with E-state index < -0.39 is 0 Å². The van der Waals surface area contributed by atoms with Crippen LogP contribution in [0.1, 0.15) is 51.8 Å². The molecule has 110 valence electrons. The minimum Gasteiger partial charge on any atom is -0.347 e. The number of nitrogens with one attached hydrogen (secondary N) is 2. The molecule has 5 nitrogen and oxygen atoms in total. The molecule has 0 aliphatic carbocycles. The second-order valence-electron chi connectivity index (χ2n) is 5.53. The summed E-state index contributed by atoms with van der Waals surface area (Å²) in [5.41, 5.74) is 4.56.